The maximum absolute atomic E-state index is 12.9. The molecule has 0 unspecified atom stereocenters. The summed E-state index contributed by atoms with van der Waals surface area (Å²) in [5.74, 6) is -0.738. The molecule has 0 saturated carbocycles. The average Bonchev–Trinajstić information content (AvgIpc) is 2.71. The smallest absolute Gasteiger partial charge is 0.252 e. The molecule has 0 bridgehead atoms. The molecular weight excluding hydrogens is 360 g/mol. The summed E-state index contributed by atoms with van der Waals surface area (Å²) in [5, 5.41) is 6.06. The van der Waals surface area contributed by atoms with Crippen molar-refractivity contribution in [1.29, 1.82) is 0 Å². The van der Waals surface area contributed by atoms with Gasteiger partial charge >= 0.3 is 0 Å². The topological polar surface area (TPSA) is 54.0 Å². The fourth-order valence-corrected chi connectivity index (χ4v) is 2.74. The van der Waals surface area contributed by atoms with Gasteiger partial charge < -0.3 is 10.6 Å². The lowest BCUT2D eigenvalue weighted by molar-refractivity contribution is 0.0954. The summed E-state index contributed by atoms with van der Waals surface area (Å²) >= 11 is 0. The minimum atomic E-state index is -0.275. The Morgan fingerprint density at radius 2 is 1.39 bits per heavy atom. The van der Waals surface area contributed by atoms with Gasteiger partial charge in [0, 0.05) is 25.5 Å². The predicted octanol–water partition coefficient (Wildman–Crippen LogP) is 3.99. The molecule has 2 N–H and O–H groups in total. The van der Waals surface area contributed by atoms with Crippen molar-refractivity contribution < 1.29 is 13.6 Å². The molecule has 28 heavy (non-hydrogen) atoms. The maximum Gasteiger partial charge on any atom is 0.252 e. The van der Waals surface area contributed by atoms with Crippen LogP contribution in [0.3, 0.4) is 0 Å². The minimum Gasteiger partial charge on any atom is -0.383 e. The van der Waals surface area contributed by atoms with Crippen LogP contribution in [0.4, 0.5) is 14.5 Å². The van der Waals surface area contributed by atoms with Crippen molar-refractivity contribution in [2.75, 3.05) is 18.4 Å². The Balaban J connectivity index is 1.46. The molecule has 0 saturated heterocycles. The summed E-state index contributed by atoms with van der Waals surface area (Å²) in [6.45, 7) is 1.09. The minimum absolute atomic E-state index is 0.211. The number of nitrogens with zero attached hydrogens (tertiary/aromatic N) is 1. The van der Waals surface area contributed by atoms with Gasteiger partial charge in [-0.25, -0.2) is 8.78 Å². The van der Waals surface area contributed by atoms with Crippen molar-refractivity contribution in [2.45, 2.75) is 12.8 Å². The van der Waals surface area contributed by atoms with E-state index in [-0.39, 0.29) is 17.5 Å². The monoisotopic (exact) mass is 381 g/mol. The number of pyridine rings is 1. The van der Waals surface area contributed by atoms with Crippen molar-refractivity contribution in [3.8, 4) is 0 Å². The number of aromatic nitrogens is 1. The second-order valence-electron chi connectivity index (χ2n) is 6.40. The van der Waals surface area contributed by atoms with Crippen LogP contribution in [0.2, 0.25) is 0 Å². The molecule has 0 fully saturated rings. The summed E-state index contributed by atoms with van der Waals surface area (Å²) in [5.41, 5.74) is 3.19. The Kier molecular flexibility index (Phi) is 6.68. The third kappa shape index (κ3) is 5.87. The zero-order valence-electron chi connectivity index (χ0n) is 15.3. The van der Waals surface area contributed by atoms with E-state index in [0.717, 1.165) is 23.2 Å². The Labute approximate surface area is 162 Å². The molecule has 0 spiro atoms. The van der Waals surface area contributed by atoms with Gasteiger partial charge in [-0.3, -0.25) is 9.78 Å². The first kappa shape index (κ1) is 19.5. The lowest BCUT2D eigenvalue weighted by atomic mass is 10.1. The highest BCUT2D eigenvalue weighted by Gasteiger charge is 2.07. The molecule has 0 aliphatic heterocycles. The first-order chi connectivity index (χ1) is 13.6. The van der Waals surface area contributed by atoms with E-state index in [2.05, 4.69) is 15.6 Å². The van der Waals surface area contributed by atoms with Gasteiger partial charge in [-0.1, -0.05) is 24.3 Å². The average molecular weight is 381 g/mol. The van der Waals surface area contributed by atoms with Crippen molar-refractivity contribution in [3.63, 3.8) is 0 Å². The van der Waals surface area contributed by atoms with Gasteiger partial charge in [-0.15, -0.1) is 0 Å². The van der Waals surface area contributed by atoms with Gasteiger partial charge in [0.15, 0.2) is 0 Å². The van der Waals surface area contributed by atoms with E-state index < -0.39 is 0 Å². The van der Waals surface area contributed by atoms with Crippen LogP contribution in [0.15, 0.2) is 67.0 Å². The van der Waals surface area contributed by atoms with Crippen LogP contribution in [0.25, 0.3) is 0 Å². The summed E-state index contributed by atoms with van der Waals surface area (Å²) < 4.78 is 25.8. The summed E-state index contributed by atoms with van der Waals surface area (Å²) in [6.07, 6.45) is 4.52. The van der Waals surface area contributed by atoms with E-state index in [1.54, 1.807) is 36.5 Å². The van der Waals surface area contributed by atoms with Crippen molar-refractivity contribution in [1.82, 2.24) is 10.3 Å². The second kappa shape index (κ2) is 9.60. The highest BCUT2D eigenvalue weighted by Crippen LogP contribution is 2.10. The van der Waals surface area contributed by atoms with Crippen LogP contribution in [0.1, 0.15) is 21.5 Å². The molecular formula is C22H21F2N3O. The number of hydrogen-bond acceptors (Lipinski definition) is 3. The number of halogens is 2. The van der Waals surface area contributed by atoms with Crippen LogP contribution >= 0.6 is 0 Å². The number of rotatable bonds is 8. The number of hydrogen-bond donors (Lipinski definition) is 2. The molecule has 0 aliphatic carbocycles. The Morgan fingerprint density at radius 3 is 2.00 bits per heavy atom. The molecule has 3 rings (SSSR count). The molecule has 144 valence electrons. The van der Waals surface area contributed by atoms with E-state index in [9.17, 15) is 13.6 Å². The normalized spacial score (nSPS) is 10.5. The Bertz CT molecular complexity index is 912. The zero-order valence-corrected chi connectivity index (χ0v) is 15.3. The highest BCUT2D eigenvalue weighted by atomic mass is 19.1. The number of anilines is 1. The molecule has 2 aromatic carbocycles. The molecule has 0 aliphatic rings. The molecule has 4 nitrogen and oxygen atoms in total. The fraction of sp³-hybridized carbons (Fsp3) is 0.182. The third-order valence-corrected chi connectivity index (χ3v) is 4.27. The number of carbonyl (C=O) groups excluding carboxylic acids is 1. The van der Waals surface area contributed by atoms with Gasteiger partial charge in [-0.2, -0.15) is 0 Å². The second-order valence-corrected chi connectivity index (χ2v) is 6.40. The number of benzene rings is 2. The van der Waals surface area contributed by atoms with Gasteiger partial charge in [0.1, 0.15) is 11.6 Å². The molecule has 6 heteroatoms. The van der Waals surface area contributed by atoms with E-state index in [1.165, 1.54) is 30.5 Å². The largest absolute Gasteiger partial charge is 0.383 e. The molecule has 0 radical (unpaired) electrons. The number of carbonyl (C=O) groups is 1. The van der Waals surface area contributed by atoms with Gasteiger partial charge in [0.05, 0.1) is 11.3 Å². The summed E-state index contributed by atoms with van der Waals surface area (Å²) in [6, 6.07) is 14.3. The van der Waals surface area contributed by atoms with Crippen LogP contribution < -0.4 is 10.6 Å². The van der Waals surface area contributed by atoms with Crippen LogP contribution in [0.5, 0.6) is 0 Å². The van der Waals surface area contributed by atoms with E-state index >= 15 is 0 Å². The standard InChI is InChI=1S/C22H21F2N3O/c23-19-5-1-16(2-6-19)9-11-26-21-13-18(14-25-15-21)22(28)27-12-10-17-3-7-20(24)8-4-17/h1-8,13-15,26H,9-12H2,(H,27,28). The summed E-state index contributed by atoms with van der Waals surface area (Å²) in [4.78, 5) is 16.4. The number of nitrogens with one attached hydrogen (secondary N) is 2. The fourth-order valence-electron chi connectivity index (χ4n) is 2.74. The lowest BCUT2D eigenvalue weighted by Crippen LogP contribution is -2.26. The van der Waals surface area contributed by atoms with Crippen LogP contribution in [0, 0.1) is 11.6 Å². The van der Waals surface area contributed by atoms with Gasteiger partial charge in [0.2, 0.25) is 0 Å². The third-order valence-electron chi connectivity index (χ3n) is 4.27. The van der Waals surface area contributed by atoms with Gasteiger partial charge in [0.25, 0.3) is 5.91 Å². The Hall–Kier alpha value is -3.28. The van der Waals surface area contributed by atoms with Crippen LogP contribution in [-0.4, -0.2) is 24.0 Å². The predicted molar refractivity (Wildman–Crippen MR) is 105 cm³/mol. The maximum atomic E-state index is 12.9. The van der Waals surface area contributed by atoms with Crippen molar-refractivity contribution in [3.05, 3.63) is 95.3 Å². The molecule has 1 heterocycles. The van der Waals surface area contributed by atoms with E-state index in [1.807, 2.05) is 0 Å². The van der Waals surface area contributed by atoms with Gasteiger partial charge in [-0.05, 0) is 54.3 Å². The Morgan fingerprint density at radius 1 is 0.821 bits per heavy atom. The number of amides is 1. The highest BCUT2D eigenvalue weighted by molar-refractivity contribution is 5.94. The van der Waals surface area contributed by atoms with E-state index in [4.69, 9.17) is 0 Å². The summed E-state index contributed by atoms with van der Waals surface area (Å²) in [7, 11) is 0. The molecule has 3 aromatic rings. The molecule has 0 atom stereocenters. The first-order valence-electron chi connectivity index (χ1n) is 9.06. The SMILES string of the molecule is O=C(NCCc1ccc(F)cc1)c1cncc(NCCc2ccc(F)cc2)c1. The quantitative estimate of drug-likeness (QED) is 0.620. The van der Waals surface area contributed by atoms with Crippen LogP contribution in [-0.2, 0) is 12.8 Å². The lowest BCUT2D eigenvalue weighted by Gasteiger charge is -2.09. The first-order valence-corrected chi connectivity index (χ1v) is 9.06. The van der Waals surface area contributed by atoms with Crippen molar-refractivity contribution >= 4 is 11.6 Å². The zero-order chi connectivity index (χ0) is 19.8. The molecule has 1 aromatic heterocycles. The van der Waals surface area contributed by atoms with Crippen molar-refractivity contribution in [2.24, 2.45) is 0 Å². The molecule has 1 amide bonds. The van der Waals surface area contributed by atoms with E-state index in [0.29, 0.717) is 25.1 Å².